The molecule has 0 radical (unpaired) electrons. The predicted molar refractivity (Wildman–Crippen MR) is 75.0 cm³/mol. The molecule has 3 nitrogen and oxygen atoms in total. The lowest BCUT2D eigenvalue weighted by Crippen LogP contribution is -2.15. The standard InChI is InChI=1S/C13H14FN3S2/c1-8-16-13(19-17-8)18-12-5-2-9(6-11(12)14)7-15-10-3-4-10/h2,5-6,10,15H,3-4,7H2,1H3. The number of aryl methyl sites for hydroxylation is 1. The maximum atomic E-state index is 14.0. The number of rotatable bonds is 5. The van der Waals surface area contributed by atoms with Crippen molar-refractivity contribution in [3.8, 4) is 0 Å². The Morgan fingerprint density at radius 2 is 2.32 bits per heavy atom. The number of hydrogen-bond donors (Lipinski definition) is 1. The molecule has 1 aliphatic rings. The predicted octanol–water partition coefficient (Wildman–Crippen LogP) is 3.39. The maximum absolute atomic E-state index is 14.0. The highest BCUT2D eigenvalue weighted by Crippen LogP contribution is 2.31. The fraction of sp³-hybridized carbons (Fsp3) is 0.385. The van der Waals surface area contributed by atoms with Gasteiger partial charge in [0.2, 0.25) is 0 Å². The van der Waals surface area contributed by atoms with Crippen LogP contribution in [0.1, 0.15) is 24.2 Å². The zero-order valence-electron chi connectivity index (χ0n) is 10.5. The molecule has 100 valence electrons. The quantitative estimate of drug-likeness (QED) is 0.917. The van der Waals surface area contributed by atoms with E-state index in [9.17, 15) is 4.39 Å². The molecule has 1 heterocycles. The summed E-state index contributed by atoms with van der Waals surface area (Å²) in [6.07, 6.45) is 2.49. The first-order valence-corrected chi connectivity index (χ1v) is 7.79. The Hall–Kier alpha value is -0.980. The highest BCUT2D eigenvalue weighted by molar-refractivity contribution is 8.01. The summed E-state index contributed by atoms with van der Waals surface area (Å²) in [5.74, 6) is 0.547. The Morgan fingerprint density at radius 3 is 2.95 bits per heavy atom. The molecular weight excluding hydrogens is 281 g/mol. The molecule has 19 heavy (non-hydrogen) atoms. The van der Waals surface area contributed by atoms with Crippen LogP contribution in [0.3, 0.4) is 0 Å². The normalized spacial score (nSPS) is 14.8. The van der Waals surface area contributed by atoms with Gasteiger partial charge >= 0.3 is 0 Å². The van der Waals surface area contributed by atoms with Crippen LogP contribution < -0.4 is 5.32 Å². The molecule has 0 atom stereocenters. The lowest BCUT2D eigenvalue weighted by molar-refractivity contribution is 0.595. The van der Waals surface area contributed by atoms with Gasteiger partial charge in [-0.1, -0.05) is 17.8 Å². The third kappa shape index (κ3) is 3.52. The van der Waals surface area contributed by atoms with Gasteiger partial charge in [0.1, 0.15) is 11.6 Å². The van der Waals surface area contributed by atoms with Crippen LogP contribution in [-0.4, -0.2) is 15.4 Å². The number of halogens is 1. The van der Waals surface area contributed by atoms with Gasteiger partial charge < -0.3 is 5.32 Å². The van der Waals surface area contributed by atoms with Crippen LogP contribution in [0.4, 0.5) is 4.39 Å². The zero-order valence-corrected chi connectivity index (χ0v) is 12.2. The number of benzene rings is 1. The van der Waals surface area contributed by atoms with Crippen molar-refractivity contribution < 1.29 is 4.39 Å². The van der Waals surface area contributed by atoms with Crippen LogP contribution in [0, 0.1) is 12.7 Å². The zero-order chi connectivity index (χ0) is 13.2. The first-order chi connectivity index (χ1) is 9.20. The number of nitrogens with one attached hydrogen (secondary N) is 1. The first-order valence-electron chi connectivity index (χ1n) is 6.21. The van der Waals surface area contributed by atoms with E-state index >= 15 is 0 Å². The number of hydrogen-bond acceptors (Lipinski definition) is 5. The van der Waals surface area contributed by atoms with Crippen LogP contribution >= 0.6 is 23.3 Å². The SMILES string of the molecule is Cc1nsc(Sc2ccc(CNC3CC3)cc2F)n1. The first kappa shape index (κ1) is 13.0. The van der Waals surface area contributed by atoms with Gasteiger partial charge in [0.15, 0.2) is 4.34 Å². The Labute approximate surface area is 119 Å². The molecule has 0 amide bonds. The number of nitrogens with zero attached hydrogens (tertiary/aromatic N) is 2. The largest absolute Gasteiger partial charge is 0.310 e. The minimum atomic E-state index is -0.187. The smallest absolute Gasteiger partial charge is 0.174 e. The van der Waals surface area contributed by atoms with E-state index in [-0.39, 0.29) is 5.82 Å². The van der Waals surface area contributed by atoms with E-state index < -0.39 is 0 Å². The summed E-state index contributed by atoms with van der Waals surface area (Å²) in [5, 5.41) is 3.38. The summed E-state index contributed by atoms with van der Waals surface area (Å²) in [7, 11) is 0. The fourth-order valence-corrected chi connectivity index (χ4v) is 3.31. The molecule has 0 spiro atoms. The minimum Gasteiger partial charge on any atom is -0.310 e. The van der Waals surface area contributed by atoms with Gasteiger partial charge in [0.05, 0.1) is 4.90 Å². The summed E-state index contributed by atoms with van der Waals surface area (Å²) in [4.78, 5) is 4.83. The molecule has 1 N–H and O–H groups in total. The molecule has 3 rings (SSSR count). The number of aromatic nitrogens is 2. The summed E-state index contributed by atoms with van der Waals surface area (Å²) < 4.78 is 18.9. The van der Waals surface area contributed by atoms with Crippen molar-refractivity contribution in [3.05, 3.63) is 35.4 Å². The average Bonchev–Trinajstić information content (AvgIpc) is 3.13. The monoisotopic (exact) mass is 295 g/mol. The topological polar surface area (TPSA) is 37.8 Å². The van der Waals surface area contributed by atoms with Crippen LogP contribution in [0.15, 0.2) is 27.4 Å². The van der Waals surface area contributed by atoms with Crippen molar-refractivity contribution in [1.82, 2.24) is 14.7 Å². The molecule has 1 saturated carbocycles. The Bertz CT molecular complexity index is 581. The van der Waals surface area contributed by atoms with E-state index in [4.69, 9.17) is 0 Å². The van der Waals surface area contributed by atoms with Crippen molar-refractivity contribution >= 4 is 23.3 Å². The van der Waals surface area contributed by atoms with Crippen molar-refractivity contribution in [3.63, 3.8) is 0 Å². The van der Waals surface area contributed by atoms with E-state index in [1.807, 2.05) is 19.1 Å². The molecule has 1 aromatic carbocycles. The lowest BCUT2D eigenvalue weighted by Gasteiger charge is -2.05. The molecule has 1 aromatic heterocycles. The Morgan fingerprint density at radius 1 is 1.47 bits per heavy atom. The van der Waals surface area contributed by atoms with Crippen molar-refractivity contribution in [2.75, 3.05) is 0 Å². The van der Waals surface area contributed by atoms with Crippen LogP contribution in [0.25, 0.3) is 0 Å². The van der Waals surface area contributed by atoms with Crippen molar-refractivity contribution in [2.24, 2.45) is 0 Å². The van der Waals surface area contributed by atoms with Gasteiger partial charge in [-0.25, -0.2) is 9.37 Å². The second-order valence-electron chi connectivity index (χ2n) is 4.63. The van der Waals surface area contributed by atoms with E-state index in [1.165, 1.54) is 36.1 Å². The van der Waals surface area contributed by atoms with Gasteiger partial charge in [0, 0.05) is 12.6 Å². The van der Waals surface area contributed by atoms with E-state index in [1.54, 1.807) is 6.07 Å². The summed E-state index contributed by atoms with van der Waals surface area (Å²) in [5.41, 5.74) is 0.988. The summed E-state index contributed by atoms with van der Waals surface area (Å²) >= 11 is 2.63. The highest BCUT2D eigenvalue weighted by Gasteiger charge is 2.20. The van der Waals surface area contributed by atoms with Crippen LogP contribution in [0.2, 0.25) is 0 Å². The third-order valence-corrected chi connectivity index (χ3v) is 4.77. The maximum Gasteiger partial charge on any atom is 0.174 e. The van der Waals surface area contributed by atoms with Crippen molar-refractivity contribution in [2.45, 2.75) is 41.6 Å². The summed E-state index contributed by atoms with van der Waals surface area (Å²) in [6.45, 7) is 2.58. The van der Waals surface area contributed by atoms with Gasteiger partial charge in [0.25, 0.3) is 0 Å². The molecule has 0 aliphatic heterocycles. The Kier molecular flexibility index (Phi) is 3.81. The van der Waals surface area contributed by atoms with E-state index in [0.29, 0.717) is 10.9 Å². The van der Waals surface area contributed by atoms with Gasteiger partial charge in [-0.05, 0) is 49.0 Å². The molecule has 2 aromatic rings. The van der Waals surface area contributed by atoms with Crippen molar-refractivity contribution in [1.29, 1.82) is 0 Å². The van der Waals surface area contributed by atoms with E-state index in [0.717, 1.165) is 22.3 Å². The minimum absolute atomic E-state index is 0.187. The molecule has 0 bridgehead atoms. The molecular formula is C13H14FN3S2. The molecule has 0 saturated heterocycles. The fourth-order valence-electron chi connectivity index (χ4n) is 1.70. The average molecular weight is 295 g/mol. The highest BCUT2D eigenvalue weighted by atomic mass is 32.2. The lowest BCUT2D eigenvalue weighted by atomic mass is 10.2. The molecule has 1 fully saturated rings. The second-order valence-corrected chi connectivity index (χ2v) is 6.67. The van der Waals surface area contributed by atoms with Crippen LogP contribution in [0.5, 0.6) is 0 Å². The van der Waals surface area contributed by atoms with Crippen LogP contribution in [-0.2, 0) is 6.54 Å². The third-order valence-electron chi connectivity index (χ3n) is 2.87. The molecule has 6 heteroatoms. The summed E-state index contributed by atoms with van der Waals surface area (Å²) in [6, 6.07) is 6.03. The van der Waals surface area contributed by atoms with Gasteiger partial charge in [-0.2, -0.15) is 4.37 Å². The second kappa shape index (κ2) is 5.56. The Balaban J connectivity index is 1.67. The molecule has 1 aliphatic carbocycles. The van der Waals surface area contributed by atoms with Gasteiger partial charge in [-0.3, -0.25) is 0 Å². The van der Waals surface area contributed by atoms with E-state index in [2.05, 4.69) is 14.7 Å². The van der Waals surface area contributed by atoms with Gasteiger partial charge in [-0.15, -0.1) is 0 Å². The molecule has 0 unspecified atom stereocenters.